The molecule has 1 fully saturated rings. The molecule has 13 heteroatoms. The van der Waals surface area contributed by atoms with Crippen LogP contribution in [0.25, 0.3) is 0 Å². The van der Waals surface area contributed by atoms with Crippen LogP contribution in [0.3, 0.4) is 0 Å². The quantitative estimate of drug-likeness (QED) is 0.102. The molecule has 2 atom stereocenters. The molecule has 236 valence electrons. The molecule has 3 rings (SSSR count). The second-order valence-corrected chi connectivity index (χ2v) is 11.3. The highest BCUT2D eigenvalue weighted by molar-refractivity contribution is 7.13. The normalized spacial score (nSPS) is 14.5. The molecule has 12 nitrogen and oxygen atoms in total. The van der Waals surface area contributed by atoms with E-state index in [2.05, 4.69) is 16.0 Å². The second kappa shape index (κ2) is 17.8. The first kappa shape index (κ1) is 34.3. The molecule has 0 radical (unpaired) electrons. The van der Waals surface area contributed by atoms with Gasteiger partial charge in [-0.1, -0.05) is 68.5 Å². The van der Waals surface area contributed by atoms with Crippen LogP contribution >= 0.6 is 11.3 Å². The van der Waals surface area contributed by atoms with Crippen LogP contribution in [-0.2, 0) is 44.8 Å². The number of ketones is 3. The number of hydrogen-bond acceptors (Lipinski definition) is 10. The standard InChI is InChI=1S/C31H37N3O9S/c1-2-43-25(35)17-32-30(40)26(36)23(19-42-18-21-12-7-4-8-13-21)34-29(39)22(16-20-10-5-3-6-11-20)33-31(41)28(38)27(37)24-14-9-15-44-24/h4,7-9,12-15,20,22-23H,2-3,5-6,10-11,16-19H2,1H3,(H,32,40)(H,33,41)(H,34,39)/t22-,23?/m1/s1. The zero-order chi connectivity index (χ0) is 31.9. The minimum atomic E-state index is -1.48. The molecule has 1 unspecified atom stereocenters. The fourth-order valence-electron chi connectivity index (χ4n) is 4.77. The van der Waals surface area contributed by atoms with Gasteiger partial charge in [-0.25, -0.2) is 0 Å². The van der Waals surface area contributed by atoms with Gasteiger partial charge in [0.15, 0.2) is 0 Å². The van der Waals surface area contributed by atoms with Crippen molar-refractivity contribution in [1.82, 2.24) is 16.0 Å². The molecule has 0 spiro atoms. The molecule has 1 saturated carbocycles. The van der Waals surface area contributed by atoms with Crippen molar-refractivity contribution >= 4 is 52.4 Å². The Labute approximate surface area is 259 Å². The number of ether oxygens (including phenoxy) is 2. The molecule has 3 amide bonds. The van der Waals surface area contributed by atoms with Gasteiger partial charge in [0, 0.05) is 0 Å². The van der Waals surface area contributed by atoms with Gasteiger partial charge < -0.3 is 25.4 Å². The Morgan fingerprint density at radius 1 is 0.886 bits per heavy atom. The van der Waals surface area contributed by atoms with Gasteiger partial charge in [-0.05, 0) is 36.3 Å². The van der Waals surface area contributed by atoms with E-state index in [4.69, 9.17) is 9.47 Å². The number of esters is 1. The van der Waals surface area contributed by atoms with Crippen LogP contribution in [-0.4, -0.2) is 72.9 Å². The summed E-state index contributed by atoms with van der Waals surface area (Å²) in [6.07, 6.45) is 4.71. The lowest BCUT2D eigenvalue weighted by Crippen LogP contribution is -2.56. The Hall–Kier alpha value is -4.23. The number of rotatable bonds is 17. The number of carbonyl (C=O) groups is 7. The van der Waals surface area contributed by atoms with E-state index in [0.717, 1.165) is 49.0 Å². The molecule has 1 heterocycles. The highest BCUT2D eigenvalue weighted by Crippen LogP contribution is 2.27. The van der Waals surface area contributed by atoms with Crippen molar-refractivity contribution in [3.8, 4) is 0 Å². The van der Waals surface area contributed by atoms with Gasteiger partial charge in [-0.3, -0.25) is 33.6 Å². The maximum atomic E-state index is 13.6. The molecular formula is C31H37N3O9S. The first-order valence-electron chi connectivity index (χ1n) is 14.5. The van der Waals surface area contributed by atoms with Crippen LogP contribution in [0.4, 0.5) is 0 Å². The van der Waals surface area contributed by atoms with Gasteiger partial charge in [-0.2, -0.15) is 0 Å². The van der Waals surface area contributed by atoms with E-state index in [1.54, 1.807) is 42.6 Å². The fourth-order valence-corrected chi connectivity index (χ4v) is 5.43. The minimum absolute atomic E-state index is 0.0549. The molecule has 0 bridgehead atoms. The summed E-state index contributed by atoms with van der Waals surface area (Å²) in [7, 11) is 0. The third-order valence-electron chi connectivity index (χ3n) is 7.02. The first-order chi connectivity index (χ1) is 21.2. The van der Waals surface area contributed by atoms with Crippen molar-refractivity contribution in [3.63, 3.8) is 0 Å². The summed E-state index contributed by atoms with van der Waals surface area (Å²) in [5.74, 6) is -7.28. The van der Waals surface area contributed by atoms with Crippen molar-refractivity contribution in [2.24, 2.45) is 5.92 Å². The molecule has 1 aliphatic rings. The molecule has 3 N–H and O–H groups in total. The predicted molar refractivity (Wildman–Crippen MR) is 159 cm³/mol. The Bertz CT molecular complexity index is 1310. The lowest BCUT2D eigenvalue weighted by atomic mass is 9.84. The van der Waals surface area contributed by atoms with E-state index < -0.39 is 66.3 Å². The average Bonchev–Trinajstić information content (AvgIpc) is 3.58. The number of nitrogens with one attached hydrogen (secondary N) is 3. The average molecular weight is 628 g/mol. The Kier molecular flexibility index (Phi) is 13.8. The molecule has 1 aromatic heterocycles. The maximum absolute atomic E-state index is 13.6. The number of carbonyl (C=O) groups excluding carboxylic acids is 7. The van der Waals surface area contributed by atoms with Crippen LogP contribution in [0.5, 0.6) is 0 Å². The summed E-state index contributed by atoms with van der Waals surface area (Å²) in [6.45, 7) is 0.808. The molecule has 0 aliphatic heterocycles. The largest absolute Gasteiger partial charge is 0.465 e. The molecule has 0 saturated heterocycles. The number of thiophene rings is 1. The highest BCUT2D eigenvalue weighted by Gasteiger charge is 2.34. The summed E-state index contributed by atoms with van der Waals surface area (Å²) >= 11 is 1.01. The van der Waals surface area contributed by atoms with E-state index in [-0.39, 0.29) is 30.4 Å². The van der Waals surface area contributed by atoms with E-state index >= 15 is 0 Å². The van der Waals surface area contributed by atoms with E-state index in [9.17, 15) is 33.6 Å². The number of benzene rings is 1. The second-order valence-electron chi connectivity index (χ2n) is 10.3. The molecule has 1 aliphatic carbocycles. The van der Waals surface area contributed by atoms with Gasteiger partial charge >= 0.3 is 5.97 Å². The zero-order valence-electron chi connectivity index (χ0n) is 24.5. The van der Waals surface area contributed by atoms with Crippen molar-refractivity contribution in [2.45, 2.75) is 64.1 Å². The van der Waals surface area contributed by atoms with Crippen molar-refractivity contribution in [2.75, 3.05) is 19.8 Å². The van der Waals surface area contributed by atoms with Gasteiger partial charge in [0.1, 0.15) is 18.6 Å². The Morgan fingerprint density at radius 3 is 2.27 bits per heavy atom. The molecule has 2 aromatic rings. The maximum Gasteiger partial charge on any atom is 0.325 e. The van der Waals surface area contributed by atoms with Gasteiger partial charge in [0.25, 0.3) is 17.6 Å². The molecule has 44 heavy (non-hydrogen) atoms. The number of amides is 3. The van der Waals surface area contributed by atoms with Gasteiger partial charge in [0.2, 0.25) is 17.5 Å². The van der Waals surface area contributed by atoms with Crippen LogP contribution in [0.15, 0.2) is 47.8 Å². The van der Waals surface area contributed by atoms with Gasteiger partial charge in [0.05, 0.1) is 24.7 Å². The summed E-state index contributed by atoms with van der Waals surface area (Å²) < 4.78 is 10.4. The SMILES string of the molecule is CCOC(=O)CNC(=O)C(=O)C(COCc1ccccc1)NC(=O)[C@@H](CC1CCCCC1)NC(=O)C(=O)C(=O)c1cccs1. The monoisotopic (exact) mass is 627 g/mol. The Balaban J connectivity index is 1.75. The topological polar surface area (TPSA) is 174 Å². The molecule has 1 aromatic carbocycles. The summed E-state index contributed by atoms with van der Waals surface area (Å²) in [5, 5.41) is 8.64. The van der Waals surface area contributed by atoms with Crippen LogP contribution < -0.4 is 16.0 Å². The minimum Gasteiger partial charge on any atom is -0.465 e. The smallest absolute Gasteiger partial charge is 0.325 e. The lowest BCUT2D eigenvalue weighted by Gasteiger charge is -2.27. The van der Waals surface area contributed by atoms with Crippen LogP contribution in [0.1, 0.15) is 60.7 Å². The highest BCUT2D eigenvalue weighted by atomic mass is 32.1. The third kappa shape index (κ3) is 10.8. The first-order valence-corrected chi connectivity index (χ1v) is 15.4. The van der Waals surface area contributed by atoms with Gasteiger partial charge in [-0.15, -0.1) is 11.3 Å². The lowest BCUT2D eigenvalue weighted by molar-refractivity contribution is -0.146. The molecular weight excluding hydrogens is 590 g/mol. The summed E-state index contributed by atoms with van der Waals surface area (Å²) in [6, 6.07) is 9.26. The van der Waals surface area contributed by atoms with Crippen LogP contribution in [0.2, 0.25) is 0 Å². The Morgan fingerprint density at radius 2 is 1.61 bits per heavy atom. The number of hydrogen-bond donors (Lipinski definition) is 3. The predicted octanol–water partition coefficient (Wildman–Crippen LogP) is 1.91. The number of Topliss-reactive ketones (excluding diaryl/α,β-unsaturated/α-hetero) is 3. The zero-order valence-corrected chi connectivity index (χ0v) is 25.3. The van der Waals surface area contributed by atoms with Crippen molar-refractivity contribution < 1.29 is 43.0 Å². The fraction of sp³-hybridized carbons (Fsp3) is 0.452. The van der Waals surface area contributed by atoms with Crippen molar-refractivity contribution in [1.29, 1.82) is 0 Å². The van der Waals surface area contributed by atoms with E-state index in [1.807, 2.05) is 6.07 Å². The summed E-state index contributed by atoms with van der Waals surface area (Å²) in [4.78, 5) is 89.0. The van der Waals surface area contributed by atoms with E-state index in [0.29, 0.717) is 0 Å². The van der Waals surface area contributed by atoms with Crippen LogP contribution in [0, 0.1) is 5.92 Å². The third-order valence-corrected chi connectivity index (χ3v) is 7.89. The van der Waals surface area contributed by atoms with E-state index in [1.165, 1.54) is 6.07 Å². The van der Waals surface area contributed by atoms with Crippen molar-refractivity contribution in [3.05, 3.63) is 58.3 Å². The summed E-state index contributed by atoms with van der Waals surface area (Å²) in [5.41, 5.74) is 0.785.